The van der Waals surface area contributed by atoms with E-state index >= 15 is 0 Å². The molecule has 0 saturated carbocycles. The first-order valence-electron chi connectivity index (χ1n) is 20.8. The van der Waals surface area contributed by atoms with Gasteiger partial charge < -0.3 is 18.6 Å². The highest BCUT2D eigenvalue weighted by molar-refractivity contribution is 6.22. The van der Waals surface area contributed by atoms with Gasteiger partial charge >= 0.3 is 0 Å². The van der Waals surface area contributed by atoms with Gasteiger partial charge in [0.15, 0.2) is 0 Å². The second-order valence-corrected chi connectivity index (χ2v) is 16.4. The Morgan fingerprint density at radius 2 is 0.750 bits per heavy atom. The van der Waals surface area contributed by atoms with Gasteiger partial charge in [-0.25, -0.2) is 0 Å². The molecule has 60 heavy (non-hydrogen) atoms. The lowest BCUT2D eigenvalue weighted by Gasteiger charge is -2.28. The van der Waals surface area contributed by atoms with E-state index < -0.39 is 0 Å². The summed E-state index contributed by atoms with van der Waals surface area (Å²) in [7, 11) is 0. The molecule has 0 amide bonds. The second-order valence-electron chi connectivity index (χ2n) is 16.4. The van der Waals surface area contributed by atoms with Gasteiger partial charge in [0.05, 0.1) is 0 Å². The summed E-state index contributed by atoms with van der Waals surface area (Å²) in [6.45, 7) is 13.1. The Morgan fingerprint density at radius 3 is 1.17 bits per heavy atom. The van der Waals surface area contributed by atoms with Crippen LogP contribution in [0.4, 0.5) is 34.1 Å². The zero-order valence-electron chi connectivity index (χ0n) is 34.7. The molecule has 2 heterocycles. The zero-order valence-corrected chi connectivity index (χ0v) is 34.7. The molecule has 0 fully saturated rings. The van der Waals surface area contributed by atoms with Crippen molar-refractivity contribution in [2.45, 2.75) is 41.5 Å². The van der Waals surface area contributed by atoms with Crippen LogP contribution in [0.5, 0.6) is 0 Å². The fraction of sp³-hybridized carbons (Fsp3) is 0.107. The Balaban J connectivity index is 1.05. The third-order valence-electron chi connectivity index (χ3n) is 12.9. The van der Waals surface area contributed by atoms with Gasteiger partial charge in [0, 0.05) is 66.8 Å². The molecule has 0 N–H and O–H groups in total. The molecule has 0 unspecified atom stereocenters. The van der Waals surface area contributed by atoms with Gasteiger partial charge in [0.1, 0.15) is 22.3 Å². The molecule has 0 saturated heterocycles. The van der Waals surface area contributed by atoms with E-state index in [4.69, 9.17) is 8.83 Å². The number of anilines is 6. The quantitative estimate of drug-likeness (QED) is 0.168. The van der Waals surface area contributed by atoms with Crippen molar-refractivity contribution in [1.29, 1.82) is 0 Å². The van der Waals surface area contributed by atoms with Crippen LogP contribution in [0.1, 0.15) is 33.4 Å². The Bertz CT molecular complexity index is 3270. The van der Waals surface area contributed by atoms with Gasteiger partial charge in [-0.2, -0.15) is 0 Å². The fourth-order valence-corrected chi connectivity index (χ4v) is 9.40. The minimum atomic E-state index is 0.876. The average Bonchev–Trinajstić information content (AvgIpc) is 3.84. The summed E-state index contributed by atoms with van der Waals surface area (Å²) in [5.74, 6) is 0. The van der Waals surface area contributed by atoms with Crippen molar-refractivity contribution in [3.63, 3.8) is 0 Å². The number of rotatable bonds is 6. The highest BCUT2D eigenvalue weighted by atomic mass is 16.3. The van der Waals surface area contributed by atoms with Crippen molar-refractivity contribution in [3.05, 3.63) is 191 Å². The molecule has 0 spiro atoms. The third-order valence-corrected chi connectivity index (χ3v) is 12.9. The van der Waals surface area contributed by atoms with Crippen LogP contribution >= 0.6 is 0 Å². The highest BCUT2D eigenvalue weighted by Gasteiger charge is 2.23. The minimum absolute atomic E-state index is 0.876. The van der Waals surface area contributed by atoms with Crippen LogP contribution in [0.2, 0.25) is 0 Å². The molecule has 4 nitrogen and oxygen atoms in total. The largest absolute Gasteiger partial charge is 0.456 e. The topological polar surface area (TPSA) is 32.8 Å². The van der Waals surface area contributed by atoms with E-state index in [1.165, 1.54) is 33.6 Å². The van der Waals surface area contributed by atoms with E-state index in [2.05, 4.69) is 209 Å². The number of hydrogen-bond donors (Lipinski definition) is 0. The number of hydrogen-bond acceptors (Lipinski definition) is 4. The molecular weight excluding hydrogens is 733 g/mol. The number of furan rings is 2. The van der Waals surface area contributed by atoms with Gasteiger partial charge in [0.2, 0.25) is 0 Å². The molecule has 2 aromatic heterocycles. The number of aryl methyl sites for hydroxylation is 4. The van der Waals surface area contributed by atoms with Gasteiger partial charge in [-0.1, -0.05) is 72.8 Å². The van der Waals surface area contributed by atoms with Crippen molar-refractivity contribution in [3.8, 4) is 0 Å². The van der Waals surface area contributed by atoms with Crippen molar-refractivity contribution >= 4 is 99.5 Å². The van der Waals surface area contributed by atoms with Crippen molar-refractivity contribution in [2.24, 2.45) is 0 Å². The van der Waals surface area contributed by atoms with Crippen LogP contribution < -0.4 is 9.80 Å². The maximum Gasteiger partial charge on any atom is 0.139 e. The van der Waals surface area contributed by atoms with E-state index in [1.807, 2.05) is 0 Å². The summed E-state index contributed by atoms with van der Waals surface area (Å²) in [6.07, 6.45) is 0. The Morgan fingerprint density at radius 1 is 0.333 bits per heavy atom. The summed E-state index contributed by atoms with van der Waals surface area (Å²) in [5.41, 5.74) is 17.6. The lowest BCUT2D eigenvalue weighted by atomic mass is 9.97. The predicted octanol–water partition coefficient (Wildman–Crippen LogP) is 16.6. The normalized spacial score (nSPS) is 11.8. The van der Waals surface area contributed by atoms with Crippen molar-refractivity contribution < 1.29 is 8.83 Å². The zero-order chi connectivity index (χ0) is 40.8. The predicted molar refractivity (Wildman–Crippen MR) is 254 cm³/mol. The highest BCUT2D eigenvalue weighted by Crippen LogP contribution is 2.46. The second kappa shape index (κ2) is 13.6. The number of para-hydroxylation sites is 2. The van der Waals surface area contributed by atoms with Crippen LogP contribution in [0.15, 0.2) is 167 Å². The monoisotopic (exact) mass is 776 g/mol. The van der Waals surface area contributed by atoms with Crippen LogP contribution in [0.25, 0.3) is 65.4 Å². The fourth-order valence-electron chi connectivity index (χ4n) is 9.40. The van der Waals surface area contributed by atoms with Crippen LogP contribution in [0.3, 0.4) is 0 Å². The third kappa shape index (κ3) is 5.51. The van der Waals surface area contributed by atoms with E-state index in [0.717, 1.165) is 99.3 Å². The molecule has 0 atom stereocenters. The Hall–Kier alpha value is -7.30. The molecule has 0 aliphatic heterocycles. The summed E-state index contributed by atoms with van der Waals surface area (Å²) in [4.78, 5) is 4.71. The summed E-state index contributed by atoms with van der Waals surface area (Å²) in [5, 5.41) is 9.01. The average molecular weight is 777 g/mol. The number of fused-ring (bicyclic) bond motifs is 8. The van der Waals surface area contributed by atoms with Gasteiger partial charge in [0.25, 0.3) is 0 Å². The summed E-state index contributed by atoms with van der Waals surface area (Å²) >= 11 is 0. The van der Waals surface area contributed by atoms with E-state index in [1.54, 1.807) is 0 Å². The van der Waals surface area contributed by atoms with E-state index in [0.29, 0.717) is 0 Å². The molecule has 4 heteroatoms. The minimum Gasteiger partial charge on any atom is -0.456 e. The summed E-state index contributed by atoms with van der Waals surface area (Å²) < 4.78 is 13.7. The lowest BCUT2D eigenvalue weighted by molar-refractivity contribution is 0.660. The molecule has 0 radical (unpaired) electrons. The Labute approximate surface area is 349 Å². The smallest absolute Gasteiger partial charge is 0.139 e. The standard InChI is InChI=1S/C56H44N2O2/c1-33-15-13-21-49(35(33)3)57(43-17-9-7-10-18-43)45-25-23-39-29-47-51(31-41(39)27-45)59-55-38(6)54-48-30-40-24-26-46(28-42(40)32-52(48)60-56(54)37(5)53(47)55)58(44-19-11-8-12-20-44)50-22-14-16-34(2)36(50)4/h7-32H,1-6H3. The van der Waals surface area contributed by atoms with Crippen LogP contribution in [0, 0.1) is 41.5 Å². The van der Waals surface area contributed by atoms with Crippen LogP contribution in [-0.4, -0.2) is 0 Å². The first kappa shape index (κ1) is 35.8. The molecule has 0 bridgehead atoms. The maximum absolute atomic E-state index is 6.87. The molecule has 290 valence electrons. The van der Waals surface area contributed by atoms with Gasteiger partial charge in [-0.15, -0.1) is 0 Å². The number of benzene rings is 9. The molecule has 11 aromatic rings. The molecule has 0 aliphatic carbocycles. The van der Waals surface area contributed by atoms with Crippen molar-refractivity contribution in [2.75, 3.05) is 9.80 Å². The Kier molecular flexibility index (Phi) is 8.15. The maximum atomic E-state index is 6.87. The van der Waals surface area contributed by atoms with Gasteiger partial charge in [-0.05, 0) is 170 Å². The SMILES string of the molecule is Cc1cccc(N(c2ccccc2)c2ccc3cc4c(cc3c2)oc2c(C)c3c(oc5cc6cc(N(c7ccccc7)c7cccc(C)c7C)ccc6cc53)c(C)c24)c1C. The molecule has 0 aliphatic rings. The first-order chi connectivity index (χ1) is 29.2. The van der Waals surface area contributed by atoms with Crippen LogP contribution in [-0.2, 0) is 0 Å². The summed E-state index contributed by atoms with van der Waals surface area (Å²) in [6, 6.07) is 56.8. The number of nitrogens with zero attached hydrogens (tertiary/aromatic N) is 2. The molecule has 11 rings (SSSR count). The molecular formula is C56H44N2O2. The van der Waals surface area contributed by atoms with Gasteiger partial charge in [-0.3, -0.25) is 0 Å². The van der Waals surface area contributed by atoms with E-state index in [9.17, 15) is 0 Å². The van der Waals surface area contributed by atoms with E-state index in [-0.39, 0.29) is 0 Å². The molecule has 9 aromatic carbocycles. The van der Waals surface area contributed by atoms with Crippen molar-refractivity contribution in [1.82, 2.24) is 0 Å². The lowest BCUT2D eigenvalue weighted by Crippen LogP contribution is -2.11. The first-order valence-corrected chi connectivity index (χ1v) is 20.8.